The van der Waals surface area contributed by atoms with Crippen LogP contribution in [0.25, 0.3) is 0 Å². The smallest absolute Gasteiger partial charge is 0.254 e. The van der Waals surface area contributed by atoms with Gasteiger partial charge in [-0.1, -0.05) is 30.3 Å². The number of hydrazine groups is 1. The molecule has 6 heteroatoms. The zero-order chi connectivity index (χ0) is 18.2. The summed E-state index contributed by atoms with van der Waals surface area (Å²) in [4.78, 5) is 15.1. The number of ether oxygens (including phenoxy) is 2. The minimum atomic E-state index is 0.0594. The molecule has 2 saturated heterocycles. The first kappa shape index (κ1) is 16.6. The lowest BCUT2D eigenvalue weighted by Gasteiger charge is -2.36. The molecule has 0 bridgehead atoms. The molecule has 3 atom stereocenters. The maximum absolute atomic E-state index is 13.1. The third-order valence-electron chi connectivity index (χ3n) is 5.75. The fraction of sp³-hybridized carbons (Fsp3) is 0.381. The number of carbonyl (C=O) groups is 1. The van der Waals surface area contributed by atoms with Crippen LogP contribution < -0.4 is 20.3 Å². The van der Waals surface area contributed by atoms with Gasteiger partial charge in [0.1, 0.15) is 13.2 Å². The minimum Gasteiger partial charge on any atom is -0.486 e. The van der Waals surface area contributed by atoms with E-state index in [-0.39, 0.29) is 11.9 Å². The Morgan fingerprint density at radius 3 is 2.67 bits per heavy atom. The Balaban J connectivity index is 1.35. The molecular formula is C21H23N3O3. The van der Waals surface area contributed by atoms with Crippen LogP contribution >= 0.6 is 0 Å². The highest BCUT2D eigenvalue weighted by atomic mass is 16.6. The molecule has 0 aromatic heterocycles. The van der Waals surface area contributed by atoms with Gasteiger partial charge in [0.25, 0.3) is 5.91 Å². The van der Waals surface area contributed by atoms with Crippen LogP contribution in [0.4, 0.5) is 0 Å². The zero-order valence-electron chi connectivity index (χ0n) is 15.1. The number of rotatable bonds is 2. The molecule has 0 aliphatic carbocycles. The molecule has 3 unspecified atom stereocenters. The summed E-state index contributed by atoms with van der Waals surface area (Å²) in [7, 11) is 0. The van der Waals surface area contributed by atoms with Crippen molar-refractivity contribution in [3.63, 3.8) is 0 Å². The summed E-state index contributed by atoms with van der Waals surface area (Å²) in [6.07, 6.45) is 0.942. The van der Waals surface area contributed by atoms with E-state index >= 15 is 0 Å². The predicted molar refractivity (Wildman–Crippen MR) is 101 cm³/mol. The highest BCUT2D eigenvalue weighted by Gasteiger charge is 2.41. The third-order valence-corrected chi connectivity index (χ3v) is 5.75. The van der Waals surface area contributed by atoms with Gasteiger partial charge in [0.2, 0.25) is 0 Å². The summed E-state index contributed by atoms with van der Waals surface area (Å²) in [5, 5.41) is 0. The number of fused-ring (bicyclic) bond motifs is 2. The number of amides is 1. The van der Waals surface area contributed by atoms with E-state index in [0.29, 0.717) is 42.2 Å². The van der Waals surface area contributed by atoms with Gasteiger partial charge in [0.05, 0.1) is 6.04 Å². The second-order valence-corrected chi connectivity index (χ2v) is 7.35. The van der Waals surface area contributed by atoms with Crippen molar-refractivity contribution < 1.29 is 14.3 Å². The topological polar surface area (TPSA) is 62.8 Å². The molecule has 140 valence electrons. The monoisotopic (exact) mass is 365 g/mol. The molecule has 0 radical (unpaired) electrons. The standard InChI is InChI=1S/C21H23N3O3/c25-21(15-6-7-18-19(12-15)27-11-10-26-18)24-9-8-17-16(13-24)20(23-22-17)14-4-2-1-3-5-14/h1-7,12,16-17,20,22-23H,8-11,13H2. The van der Waals surface area contributed by atoms with Crippen molar-refractivity contribution in [1.82, 2.24) is 15.8 Å². The third kappa shape index (κ3) is 3.05. The predicted octanol–water partition coefficient (Wildman–Crippen LogP) is 2.14. The number of piperidine rings is 1. The number of hydrogen-bond acceptors (Lipinski definition) is 5. The second-order valence-electron chi connectivity index (χ2n) is 7.35. The first-order valence-electron chi connectivity index (χ1n) is 9.54. The lowest BCUT2D eigenvalue weighted by molar-refractivity contribution is 0.0651. The van der Waals surface area contributed by atoms with Crippen LogP contribution in [0.5, 0.6) is 11.5 Å². The van der Waals surface area contributed by atoms with E-state index in [2.05, 4.69) is 35.1 Å². The SMILES string of the molecule is O=C(c1ccc2c(c1)OCCO2)N1CCC2NNC(c3ccccc3)C2C1. The molecule has 0 spiro atoms. The minimum absolute atomic E-state index is 0.0594. The molecule has 2 aromatic carbocycles. The van der Waals surface area contributed by atoms with Gasteiger partial charge < -0.3 is 14.4 Å². The fourth-order valence-corrected chi connectivity index (χ4v) is 4.34. The van der Waals surface area contributed by atoms with Crippen molar-refractivity contribution >= 4 is 5.91 Å². The van der Waals surface area contributed by atoms with Crippen LogP contribution in [-0.4, -0.2) is 43.2 Å². The van der Waals surface area contributed by atoms with E-state index in [1.165, 1.54) is 5.56 Å². The fourth-order valence-electron chi connectivity index (χ4n) is 4.34. The molecular weight excluding hydrogens is 342 g/mol. The van der Waals surface area contributed by atoms with E-state index in [1.54, 1.807) is 0 Å². The Labute approximate surface area is 158 Å². The number of likely N-dealkylation sites (tertiary alicyclic amines) is 1. The average Bonchev–Trinajstić information content (AvgIpc) is 3.17. The Morgan fingerprint density at radius 2 is 1.81 bits per heavy atom. The lowest BCUT2D eigenvalue weighted by Crippen LogP contribution is -2.47. The number of carbonyl (C=O) groups excluding carboxylic acids is 1. The largest absolute Gasteiger partial charge is 0.486 e. The van der Waals surface area contributed by atoms with Crippen molar-refractivity contribution in [3.05, 3.63) is 59.7 Å². The quantitative estimate of drug-likeness (QED) is 0.854. The number of nitrogens with zero attached hydrogens (tertiary/aromatic N) is 1. The Morgan fingerprint density at radius 1 is 1.00 bits per heavy atom. The summed E-state index contributed by atoms with van der Waals surface area (Å²) >= 11 is 0. The first-order valence-corrected chi connectivity index (χ1v) is 9.54. The highest BCUT2D eigenvalue weighted by Crippen LogP contribution is 2.35. The molecule has 5 rings (SSSR count). The number of hydrogen-bond donors (Lipinski definition) is 2. The Hall–Kier alpha value is -2.57. The van der Waals surface area contributed by atoms with Crippen LogP contribution in [0.1, 0.15) is 28.4 Å². The maximum Gasteiger partial charge on any atom is 0.254 e. The van der Waals surface area contributed by atoms with Gasteiger partial charge in [-0.25, -0.2) is 5.43 Å². The van der Waals surface area contributed by atoms with Gasteiger partial charge in [-0.2, -0.15) is 0 Å². The van der Waals surface area contributed by atoms with Gasteiger partial charge in [-0.05, 0) is 30.2 Å². The Bertz CT molecular complexity index is 842. The highest BCUT2D eigenvalue weighted by molar-refractivity contribution is 5.95. The molecule has 6 nitrogen and oxygen atoms in total. The van der Waals surface area contributed by atoms with Gasteiger partial charge in [-0.15, -0.1) is 0 Å². The molecule has 3 heterocycles. The zero-order valence-corrected chi connectivity index (χ0v) is 15.1. The molecule has 3 aliphatic rings. The summed E-state index contributed by atoms with van der Waals surface area (Å²) in [5.41, 5.74) is 8.77. The van der Waals surface area contributed by atoms with Gasteiger partial charge in [0.15, 0.2) is 11.5 Å². The van der Waals surface area contributed by atoms with Crippen LogP contribution in [0.3, 0.4) is 0 Å². The molecule has 3 aliphatic heterocycles. The van der Waals surface area contributed by atoms with Gasteiger partial charge >= 0.3 is 0 Å². The van der Waals surface area contributed by atoms with Crippen molar-refractivity contribution in [2.45, 2.75) is 18.5 Å². The summed E-state index contributed by atoms with van der Waals surface area (Å²) in [6, 6.07) is 16.5. The number of benzene rings is 2. The Kier molecular flexibility index (Phi) is 4.22. The van der Waals surface area contributed by atoms with Gasteiger partial charge in [-0.3, -0.25) is 10.2 Å². The van der Waals surface area contributed by atoms with Crippen molar-refractivity contribution in [2.24, 2.45) is 5.92 Å². The summed E-state index contributed by atoms with van der Waals surface area (Å²) < 4.78 is 11.2. The van der Waals surface area contributed by atoms with Crippen LogP contribution in [-0.2, 0) is 0 Å². The lowest BCUT2D eigenvalue weighted by atomic mass is 9.85. The number of nitrogens with one attached hydrogen (secondary N) is 2. The molecule has 2 fully saturated rings. The van der Waals surface area contributed by atoms with Crippen molar-refractivity contribution in [1.29, 1.82) is 0 Å². The molecule has 2 aromatic rings. The van der Waals surface area contributed by atoms with Crippen LogP contribution in [0.15, 0.2) is 48.5 Å². The maximum atomic E-state index is 13.1. The van der Waals surface area contributed by atoms with E-state index < -0.39 is 0 Å². The molecule has 27 heavy (non-hydrogen) atoms. The molecule has 0 saturated carbocycles. The van der Waals surface area contributed by atoms with Crippen LogP contribution in [0, 0.1) is 5.92 Å². The van der Waals surface area contributed by atoms with E-state index in [1.807, 2.05) is 29.2 Å². The molecule has 2 N–H and O–H groups in total. The average molecular weight is 365 g/mol. The van der Waals surface area contributed by atoms with E-state index in [9.17, 15) is 4.79 Å². The molecule has 1 amide bonds. The van der Waals surface area contributed by atoms with Crippen molar-refractivity contribution in [3.8, 4) is 11.5 Å². The second kappa shape index (κ2) is 6.87. The summed E-state index contributed by atoms with van der Waals surface area (Å²) in [6.45, 7) is 2.56. The van der Waals surface area contributed by atoms with E-state index in [4.69, 9.17) is 9.47 Å². The first-order chi connectivity index (χ1) is 13.3. The van der Waals surface area contributed by atoms with Gasteiger partial charge in [0, 0.05) is 30.6 Å². The summed E-state index contributed by atoms with van der Waals surface area (Å²) in [5.74, 6) is 1.78. The van der Waals surface area contributed by atoms with E-state index in [0.717, 1.165) is 19.5 Å². The normalized spacial score (nSPS) is 26.5. The van der Waals surface area contributed by atoms with Crippen LogP contribution in [0.2, 0.25) is 0 Å². The van der Waals surface area contributed by atoms with Crippen molar-refractivity contribution in [2.75, 3.05) is 26.3 Å².